The summed E-state index contributed by atoms with van der Waals surface area (Å²) >= 11 is 0. The van der Waals surface area contributed by atoms with Crippen molar-refractivity contribution in [3.8, 4) is 11.5 Å². The smallest absolute Gasteiger partial charge is 0.511 e. The van der Waals surface area contributed by atoms with Gasteiger partial charge in [0, 0.05) is 10.9 Å². The van der Waals surface area contributed by atoms with Crippen LogP contribution in [0.1, 0.15) is 12.5 Å². The van der Waals surface area contributed by atoms with Gasteiger partial charge in [0.2, 0.25) is 0 Å². The van der Waals surface area contributed by atoms with E-state index in [0.29, 0.717) is 12.4 Å². The van der Waals surface area contributed by atoms with Crippen LogP contribution >= 0.6 is 7.26 Å². The highest BCUT2D eigenvalue weighted by Gasteiger charge is 2.45. The molecule has 0 unspecified atom stereocenters. The van der Waals surface area contributed by atoms with E-state index in [1.165, 1.54) is 26.9 Å². The third-order valence-corrected chi connectivity index (χ3v) is 13.5. The Labute approximate surface area is 300 Å². The molecule has 0 fully saturated rings. The molecule has 250 valence electrons. The SMILES string of the molecule is CCOc1ccccc1C[P+](c1ccccc1)(c1ccccc1)c1ccccc1.OB(O)Oc1cccc2ccc3cc4ccccc4cc3c12. The van der Waals surface area contributed by atoms with Crippen molar-refractivity contribution in [2.45, 2.75) is 13.1 Å². The summed E-state index contributed by atoms with van der Waals surface area (Å²) in [7, 11) is -3.74. The van der Waals surface area contributed by atoms with Crippen LogP contribution in [0.3, 0.4) is 0 Å². The summed E-state index contributed by atoms with van der Waals surface area (Å²) in [5, 5.41) is 28.8. The largest absolute Gasteiger partial charge is 0.707 e. The molecule has 8 aromatic carbocycles. The second-order valence-corrected chi connectivity index (χ2v) is 15.8. The Kier molecular flexibility index (Phi) is 10.4. The van der Waals surface area contributed by atoms with Gasteiger partial charge in [0.15, 0.2) is 0 Å². The molecule has 0 heterocycles. The van der Waals surface area contributed by atoms with Crippen molar-refractivity contribution in [1.29, 1.82) is 0 Å². The fourth-order valence-corrected chi connectivity index (χ4v) is 11.2. The number of hydrogen-bond donors (Lipinski definition) is 2. The third kappa shape index (κ3) is 7.24. The van der Waals surface area contributed by atoms with Crippen molar-refractivity contribution in [2.24, 2.45) is 0 Å². The number of benzene rings is 8. The molecule has 0 amide bonds. The Bertz CT molecular complexity index is 2270. The molecule has 0 aliphatic rings. The molecule has 0 saturated heterocycles. The van der Waals surface area contributed by atoms with Gasteiger partial charge in [0.05, 0.1) is 6.61 Å². The zero-order chi connectivity index (χ0) is 35.0. The number of para-hydroxylation sites is 1. The predicted molar refractivity (Wildman–Crippen MR) is 216 cm³/mol. The van der Waals surface area contributed by atoms with Gasteiger partial charge in [-0.25, -0.2) is 0 Å². The molecular weight excluding hydrogens is 646 g/mol. The quantitative estimate of drug-likeness (QED) is 0.0689. The maximum absolute atomic E-state index is 9.14. The summed E-state index contributed by atoms with van der Waals surface area (Å²) in [6.45, 7) is 2.72. The van der Waals surface area contributed by atoms with Crippen LogP contribution in [0.25, 0.3) is 32.3 Å². The average Bonchev–Trinajstić information content (AvgIpc) is 3.18. The van der Waals surface area contributed by atoms with E-state index in [-0.39, 0.29) is 0 Å². The molecule has 0 aromatic heterocycles. The maximum Gasteiger partial charge on any atom is 0.707 e. The van der Waals surface area contributed by atoms with Gasteiger partial charge in [0.25, 0.3) is 0 Å². The predicted octanol–water partition coefficient (Wildman–Crippen LogP) is 9.07. The van der Waals surface area contributed by atoms with Crippen molar-refractivity contribution in [3.05, 3.63) is 188 Å². The van der Waals surface area contributed by atoms with E-state index in [4.69, 9.17) is 19.4 Å². The van der Waals surface area contributed by atoms with E-state index in [1.807, 2.05) is 37.3 Å². The van der Waals surface area contributed by atoms with E-state index >= 15 is 0 Å². The highest BCUT2D eigenvalue weighted by molar-refractivity contribution is 7.95. The molecule has 0 bridgehead atoms. The minimum absolute atomic E-state index is 0.466. The van der Waals surface area contributed by atoms with Gasteiger partial charge in [0.1, 0.15) is 40.8 Å². The van der Waals surface area contributed by atoms with Gasteiger partial charge < -0.3 is 19.4 Å². The fourth-order valence-electron chi connectivity index (χ4n) is 6.93. The van der Waals surface area contributed by atoms with Crippen LogP contribution in [0.4, 0.5) is 0 Å². The summed E-state index contributed by atoms with van der Waals surface area (Å²) in [5.74, 6) is 1.45. The molecule has 6 heteroatoms. The second-order valence-electron chi connectivity index (χ2n) is 12.3. The van der Waals surface area contributed by atoms with Crippen LogP contribution in [0, 0.1) is 0 Å². The number of fused-ring (bicyclic) bond motifs is 4. The highest BCUT2D eigenvalue weighted by atomic mass is 31.2. The summed E-state index contributed by atoms with van der Waals surface area (Å²) in [6.07, 6.45) is 0.932. The van der Waals surface area contributed by atoms with E-state index in [0.717, 1.165) is 38.8 Å². The topological polar surface area (TPSA) is 58.9 Å². The van der Waals surface area contributed by atoms with Gasteiger partial charge in [-0.1, -0.05) is 121 Å². The summed E-state index contributed by atoms with van der Waals surface area (Å²) in [5.41, 5.74) is 1.26. The Morgan fingerprint density at radius 1 is 0.490 bits per heavy atom. The van der Waals surface area contributed by atoms with Crippen molar-refractivity contribution in [3.63, 3.8) is 0 Å². The van der Waals surface area contributed by atoms with Gasteiger partial charge in [-0.05, 0) is 94.5 Å². The van der Waals surface area contributed by atoms with Gasteiger partial charge in [-0.3, -0.25) is 0 Å². The minimum Gasteiger partial charge on any atom is -0.511 e. The van der Waals surface area contributed by atoms with E-state index < -0.39 is 14.6 Å². The van der Waals surface area contributed by atoms with Crippen LogP contribution in [-0.4, -0.2) is 24.0 Å². The molecule has 51 heavy (non-hydrogen) atoms. The summed E-state index contributed by atoms with van der Waals surface area (Å²) in [6, 6.07) is 63.5. The van der Waals surface area contributed by atoms with Gasteiger partial charge in [-0.15, -0.1) is 0 Å². The highest BCUT2D eigenvalue weighted by Crippen LogP contribution is 2.59. The lowest BCUT2D eigenvalue weighted by molar-refractivity contribution is 0.289. The van der Waals surface area contributed by atoms with E-state index in [2.05, 4.69) is 146 Å². The van der Waals surface area contributed by atoms with Gasteiger partial charge >= 0.3 is 7.32 Å². The Hall–Kier alpha value is -5.45. The van der Waals surface area contributed by atoms with Crippen LogP contribution in [-0.2, 0) is 6.16 Å². The lowest BCUT2D eigenvalue weighted by atomic mass is 9.97. The van der Waals surface area contributed by atoms with Crippen LogP contribution < -0.4 is 25.3 Å². The Morgan fingerprint density at radius 3 is 1.57 bits per heavy atom. The molecule has 4 nitrogen and oxygen atoms in total. The lowest BCUT2D eigenvalue weighted by Gasteiger charge is -2.28. The average molecular weight is 686 g/mol. The van der Waals surface area contributed by atoms with Crippen LogP contribution in [0.15, 0.2) is 182 Å². The molecule has 0 aliphatic carbocycles. The molecule has 0 atom stereocenters. The first-order valence-corrected chi connectivity index (χ1v) is 19.2. The van der Waals surface area contributed by atoms with E-state index in [9.17, 15) is 0 Å². The first-order valence-electron chi connectivity index (χ1n) is 17.2. The first-order chi connectivity index (χ1) is 25.1. The molecule has 2 N–H and O–H groups in total. The number of rotatable bonds is 9. The molecule has 0 radical (unpaired) electrons. The first kappa shape index (κ1) is 34.0. The minimum atomic E-state index is -1.91. The number of hydrogen-bond acceptors (Lipinski definition) is 4. The maximum atomic E-state index is 9.14. The van der Waals surface area contributed by atoms with Crippen molar-refractivity contribution in [1.82, 2.24) is 0 Å². The third-order valence-electron chi connectivity index (χ3n) is 9.19. The fraction of sp³-hybridized carbons (Fsp3) is 0.0667. The van der Waals surface area contributed by atoms with Crippen molar-refractivity contribution >= 4 is 62.8 Å². The second kappa shape index (κ2) is 15.6. The molecule has 0 saturated carbocycles. The van der Waals surface area contributed by atoms with Crippen LogP contribution in [0.5, 0.6) is 11.5 Å². The zero-order valence-electron chi connectivity index (χ0n) is 28.5. The molecule has 8 rings (SSSR count). The standard InChI is InChI=1S/C27H26OP.C18H13BO3/c1-2-28-27-21-13-12-14-23(27)22-29(24-15-6-3-7-16-24,25-17-8-4-9-18-25)26-19-10-5-11-20-26;20-19(21)22-17-7-3-6-12-8-9-15-10-13-4-1-2-5-14(13)11-16(15)18(12)17/h3-21H,2,22H2,1H3;1-11,20-21H/q+1;. The Balaban J connectivity index is 0.000000165. The normalized spacial score (nSPS) is 11.2. The molecule has 8 aromatic rings. The van der Waals surface area contributed by atoms with Crippen LogP contribution in [0.2, 0.25) is 0 Å². The number of ether oxygens (including phenoxy) is 1. The molecular formula is C45H39BO4P+. The summed E-state index contributed by atoms with van der Waals surface area (Å²) in [4.78, 5) is 0. The lowest BCUT2D eigenvalue weighted by Crippen LogP contribution is -2.32. The monoisotopic (exact) mass is 685 g/mol. The van der Waals surface area contributed by atoms with E-state index in [1.54, 1.807) is 6.07 Å². The Morgan fingerprint density at radius 2 is 0.980 bits per heavy atom. The van der Waals surface area contributed by atoms with Crippen molar-refractivity contribution in [2.75, 3.05) is 6.61 Å². The van der Waals surface area contributed by atoms with Crippen molar-refractivity contribution < 1.29 is 19.4 Å². The summed E-state index contributed by atoms with van der Waals surface area (Å²) < 4.78 is 11.2. The molecule has 0 aliphatic heterocycles. The zero-order valence-corrected chi connectivity index (χ0v) is 29.4. The van der Waals surface area contributed by atoms with Gasteiger partial charge in [-0.2, -0.15) is 0 Å². The molecule has 0 spiro atoms.